The first kappa shape index (κ1) is 12.9. The van der Waals surface area contributed by atoms with Crippen LogP contribution in [0.3, 0.4) is 0 Å². The second-order valence-electron chi connectivity index (χ2n) is 4.00. The Bertz CT molecular complexity index is 525. The number of ether oxygens (including phenoxy) is 1. The van der Waals surface area contributed by atoms with Gasteiger partial charge in [0, 0.05) is 42.5 Å². The lowest BCUT2D eigenvalue weighted by Crippen LogP contribution is -2.08. The molecule has 0 aliphatic heterocycles. The molecule has 0 radical (unpaired) electrons. The van der Waals surface area contributed by atoms with Gasteiger partial charge < -0.3 is 10.5 Å². The monoisotopic (exact) mass is 265 g/mol. The van der Waals surface area contributed by atoms with Gasteiger partial charge in [-0.3, -0.25) is 4.68 Å². The van der Waals surface area contributed by atoms with Gasteiger partial charge in [0.25, 0.3) is 0 Å². The van der Waals surface area contributed by atoms with E-state index >= 15 is 0 Å². The average Bonchev–Trinajstić information content (AvgIpc) is 2.77. The Morgan fingerprint density at radius 3 is 2.89 bits per heavy atom. The van der Waals surface area contributed by atoms with Gasteiger partial charge in [0.05, 0.1) is 6.61 Å². The molecule has 2 rings (SSSR count). The number of nitrogens with zero attached hydrogens (tertiary/aromatic N) is 2. The SMILES string of the molecule is Cn1nccc1CCOc1ccc(Cl)cc1CN. The molecule has 0 fully saturated rings. The van der Waals surface area contributed by atoms with Crippen LogP contribution in [0.2, 0.25) is 5.02 Å². The van der Waals surface area contributed by atoms with Crippen molar-refractivity contribution in [2.45, 2.75) is 13.0 Å². The molecule has 5 heteroatoms. The van der Waals surface area contributed by atoms with Gasteiger partial charge in [-0.1, -0.05) is 11.6 Å². The molecule has 0 unspecified atom stereocenters. The number of hydrogen-bond donors (Lipinski definition) is 1. The first-order valence-electron chi connectivity index (χ1n) is 5.79. The molecular weight excluding hydrogens is 250 g/mol. The van der Waals surface area contributed by atoms with Gasteiger partial charge >= 0.3 is 0 Å². The van der Waals surface area contributed by atoms with Crippen LogP contribution in [-0.2, 0) is 20.0 Å². The number of benzene rings is 1. The third kappa shape index (κ3) is 3.03. The van der Waals surface area contributed by atoms with E-state index in [4.69, 9.17) is 22.1 Å². The van der Waals surface area contributed by atoms with E-state index in [9.17, 15) is 0 Å². The van der Waals surface area contributed by atoms with Crippen LogP contribution in [0.1, 0.15) is 11.3 Å². The summed E-state index contributed by atoms with van der Waals surface area (Å²) in [7, 11) is 1.92. The summed E-state index contributed by atoms with van der Waals surface area (Å²) in [5, 5.41) is 4.79. The van der Waals surface area contributed by atoms with Crippen LogP contribution in [0.5, 0.6) is 5.75 Å². The Labute approximate surface area is 111 Å². The van der Waals surface area contributed by atoms with Crippen LogP contribution in [-0.4, -0.2) is 16.4 Å². The molecule has 0 saturated heterocycles. The summed E-state index contributed by atoms with van der Waals surface area (Å²) < 4.78 is 7.57. The van der Waals surface area contributed by atoms with Crippen molar-refractivity contribution < 1.29 is 4.74 Å². The van der Waals surface area contributed by atoms with Crippen molar-refractivity contribution in [3.8, 4) is 5.75 Å². The fourth-order valence-corrected chi connectivity index (χ4v) is 1.96. The summed E-state index contributed by atoms with van der Waals surface area (Å²) in [5.74, 6) is 0.795. The summed E-state index contributed by atoms with van der Waals surface area (Å²) in [6, 6.07) is 7.48. The second-order valence-corrected chi connectivity index (χ2v) is 4.44. The minimum Gasteiger partial charge on any atom is -0.493 e. The Morgan fingerprint density at radius 2 is 2.22 bits per heavy atom. The molecule has 0 aliphatic rings. The molecule has 0 aliphatic carbocycles. The molecule has 0 saturated carbocycles. The van der Waals surface area contributed by atoms with Gasteiger partial charge in [0.15, 0.2) is 0 Å². The van der Waals surface area contributed by atoms with E-state index in [0.29, 0.717) is 18.2 Å². The standard InChI is InChI=1S/C13H16ClN3O/c1-17-12(4-6-16-17)5-7-18-13-3-2-11(14)8-10(13)9-15/h2-4,6,8H,5,7,9,15H2,1H3. The molecule has 0 amide bonds. The van der Waals surface area contributed by atoms with Gasteiger partial charge in [-0.15, -0.1) is 0 Å². The van der Waals surface area contributed by atoms with Gasteiger partial charge in [-0.05, 0) is 24.3 Å². The third-order valence-corrected chi connectivity index (χ3v) is 3.02. The van der Waals surface area contributed by atoms with Gasteiger partial charge in [0.1, 0.15) is 5.75 Å². The van der Waals surface area contributed by atoms with E-state index in [1.165, 1.54) is 0 Å². The second kappa shape index (κ2) is 5.89. The van der Waals surface area contributed by atoms with E-state index in [0.717, 1.165) is 23.4 Å². The van der Waals surface area contributed by atoms with Crippen molar-refractivity contribution in [3.05, 3.63) is 46.7 Å². The number of halogens is 1. The van der Waals surface area contributed by atoms with Crippen LogP contribution in [0.25, 0.3) is 0 Å². The predicted octanol–water partition coefficient (Wildman–Crippen LogP) is 2.15. The molecule has 0 spiro atoms. The lowest BCUT2D eigenvalue weighted by Gasteiger charge is -2.10. The van der Waals surface area contributed by atoms with Crippen LogP contribution in [0, 0.1) is 0 Å². The summed E-state index contributed by atoms with van der Waals surface area (Å²) in [5.41, 5.74) is 7.72. The normalized spacial score (nSPS) is 10.6. The van der Waals surface area contributed by atoms with Crippen LogP contribution in [0.4, 0.5) is 0 Å². The maximum Gasteiger partial charge on any atom is 0.123 e. The van der Waals surface area contributed by atoms with Crippen molar-refractivity contribution in [2.75, 3.05) is 6.61 Å². The number of hydrogen-bond acceptors (Lipinski definition) is 3. The fourth-order valence-electron chi connectivity index (χ4n) is 1.76. The Kier molecular flexibility index (Phi) is 4.23. The third-order valence-electron chi connectivity index (χ3n) is 2.78. The van der Waals surface area contributed by atoms with E-state index in [2.05, 4.69) is 5.10 Å². The van der Waals surface area contributed by atoms with E-state index in [1.807, 2.05) is 29.9 Å². The largest absolute Gasteiger partial charge is 0.493 e. The van der Waals surface area contributed by atoms with Crippen LogP contribution in [0.15, 0.2) is 30.5 Å². The van der Waals surface area contributed by atoms with Crippen molar-refractivity contribution in [2.24, 2.45) is 12.8 Å². The predicted molar refractivity (Wildman–Crippen MR) is 71.8 cm³/mol. The smallest absolute Gasteiger partial charge is 0.123 e. The lowest BCUT2D eigenvalue weighted by molar-refractivity contribution is 0.315. The van der Waals surface area contributed by atoms with Crippen molar-refractivity contribution in [1.29, 1.82) is 0 Å². The summed E-state index contributed by atoms with van der Waals surface area (Å²) in [6.07, 6.45) is 2.59. The van der Waals surface area contributed by atoms with E-state index < -0.39 is 0 Å². The summed E-state index contributed by atoms with van der Waals surface area (Å²) in [4.78, 5) is 0. The molecule has 2 aromatic rings. The lowest BCUT2D eigenvalue weighted by atomic mass is 10.2. The van der Waals surface area contributed by atoms with Crippen molar-refractivity contribution in [3.63, 3.8) is 0 Å². The first-order chi connectivity index (χ1) is 8.70. The molecule has 4 nitrogen and oxygen atoms in total. The molecule has 2 N–H and O–H groups in total. The Morgan fingerprint density at radius 1 is 1.39 bits per heavy atom. The maximum absolute atomic E-state index is 5.91. The first-order valence-corrected chi connectivity index (χ1v) is 6.16. The molecule has 18 heavy (non-hydrogen) atoms. The number of aromatic nitrogens is 2. The summed E-state index contributed by atoms with van der Waals surface area (Å²) in [6.45, 7) is 1.01. The molecule has 1 heterocycles. The molecular formula is C13H16ClN3O. The maximum atomic E-state index is 5.91. The zero-order valence-corrected chi connectivity index (χ0v) is 11.0. The van der Waals surface area contributed by atoms with E-state index in [-0.39, 0.29) is 0 Å². The van der Waals surface area contributed by atoms with Gasteiger partial charge in [-0.2, -0.15) is 5.10 Å². The topological polar surface area (TPSA) is 53.1 Å². The van der Waals surface area contributed by atoms with Gasteiger partial charge in [0.2, 0.25) is 0 Å². The van der Waals surface area contributed by atoms with Crippen molar-refractivity contribution in [1.82, 2.24) is 9.78 Å². The Hall–Kier alpha value is -1.52. The Balaban J connectivity index is 1.96. The minimum atomic E-state index is 0.418. The van der Waals surface area contributed by atoms with Crippen LogP contribution >= 0.6 is 11.6 Å². The highest BCUT2D eigenvalue weighted by Crippen LogP contribution is 2.22. The molecule has 1 aromatic heterocycles. The fraction of sp³-hybridized carbons (Fsp3) is 0.308. The highest BCUT2D eigenvalue weighted by atomic mass is 35.5. The molecule has 0 atom stereocenters. The average molecular weight is 266 g/mol. The highest BCUT2D eigenvalue weighted by molar-refractivity contribution is 6.30. The number of rotatable bonds is 5. The molecule has 0 bridgehead atoms. The zero-order chi connectivity index (χ0) is 13.0. The zero-order valence-electron chi connectivity index (χ0n) is 10.3. The summed E-state index contributed by atoms with van der Waals surface area (Å²) >= 11 is 5.91. The minimum absolute atomic E-state index is 0.418. The van der Waals surface area contributed by atoms with E-state index in [1.54, 1.807) is 12.3 Å². The van der Waals surface area contributed by atoms with Gasteiger partial charge in [-0.25, -0.2) is 0 Å². The number of nitrogens with two attached hydrogens (primary N) is 1. The van der Waals surface area contributed by atoms with Crippen LogP contribution < -0.4 is 10.5 Å². The molecule has 1 aromatic carbocycles. The molecule has 96 valence electrons. The number of aryl methyl sites for hydroxylation is 1. The van der Waals surface area contributed by atoms with Crippen molar-refractivity contribution >= 4 is 11.6 Å². The quantitative estimate of drug-likeness (QED) is 0.901. The highest BCUT2D eigenvalue weighted by Gasteiger charge is 2.04.